The van der Waals surface area contributed by atoms with E-state index in [9.17, 15) is 4.79 Å². The summed E-state index contributed by atoms with van der Waals surface area (Å²) in [7, 11) is 1.51. The van der Waals surface area contributed by atoms with Crippen LogP contribution in [-0.2, 0) is 11.3 Å². The number of para-hydroxylation sites is 2. The number of hydrogen-bond acceptors (Lipinski definition) is 3. The largest absolute Gasteiger partial charge is 0.399 e. The van der Waals surface area contributed by atoms with Gasteiger partial charge < -0.3 is 10.6 Å². The van der Waals surface area contributed by atoms with Crippen LogP contribution in [0.5, 0.6) is 0 Å². The molecule has 1 aliphatic heterocycles. The molecule has 2 aromatic carbocycles. The van der Waals surface area contributed by atoms with Crippen LogP contribution >= 0.6 is 0 Å². The van der Waals surface area contributed by atoms with Crippen LogP contribution in [0, 0.1) is 0 Å². The highest BCUT2D eigenvalue weighted by molar-refractivity contribution is 6.13. The summed E-state index contributed by atoms with van der Waals surface area (Å²) in [5, 5.41) is 4.12. The van der Waals surface area contributed by atoms with E-state index < -0.39 is 6.03 Å². The minimum Gasteiger partial charge on any atom is -0.399 e. The molecular formula is C16H15N3O2. The summed E-state index contributed by atoms with van der Waals surface area (Å²) in [4.78, 5) is 18.4. The fourth-order valence-corrected chi connectivity index (χ4v) is 2.63. The zero-order valence-corrected chi connectivity index (χ0v) is 11.6. The zero-order valence-electron chi connectivity index (χ0n) is 11.6. The second kappa shape index (κ2) is 5.28. The normalized spacial score (nSPS) is 15.1. The van der Waals surface area contributed by atoms with Crippen molar-refractivity contribution in [1.82, 2.24) is 0 Å². The molecule has 5 heteroatoms. The Morgan fingerprint density at radius 2 is 1.81 bits per heavy atom. The van der Waals surface area contributed by atoms with Gasteiger partial charge in [-0.25, -0.2) is 4.79 Å². The summed E-state index contributed by atoms with van der Waals surface area (Å²) < 4.78 is 0. The van der Waals surface area contributed by atoms with Crippen LogP contribution in [0.25, 0.3) is 0 Å². The van der Waals surface area contributed by atoms with Crippen LogP contribution < -0.4 is 10.6 Å². The second-order valence-corrected chi connectivity index (χ2v) is 4.72. The van der Waals surface area contributed by atoms with Crippen molar-refractivity contribution in [1.29, 1.82) is 0 Å². The Labute approximate surface area is 122 Å². The number of oxime groups is 1. The van der Waals surface area contributed by atoms with Gasteiger partial charge in [0, 0.05) is 12.0 Å². The van der Waals surface area contributed by atoms with Gasteiger partial charge in [0.25, 0.3) is 0 Å². The molecule has 5 nitrogen and oxygen atoms in total. The first-order chi connectivity index (χ1) is 10.2. The lowest BCUT2D eigenvalue weighted by atomic mass is 10.0. The second-order valence-electron chi connectivity index (χ2n) is 4.72. The molecule has 106 valence electrons. The molecule has 0 fully saturated rings. The summed E-state index contributed by atoms with van der Waals surface area (Å²) in [5.74, 6) is 0. The van der Waals surface area contributed by atoms with Crippen LogP contribution in [0.4, 0.5) is 16.2 Å². The number of benzene rings is 2. The molecule has 0 spiro atoms. The summed E-state index contributed by atoms with van der Waals surface area (Å²) in [6.07, 6.45) is 0.574. The number of anilines is 2. The molecule has 0 atom stereocenters. The number of carbonyl (C=O) groups is 1. The predicted octanol–water partition coefficient (Wildman–Crippen LogP) is 2.81. The molecule has 0 unspecified atom stereocenters. The van der Waals surface area contributed by atoms with Gasteiger partial charge in [0.15, 0.2) is 0 Å². The fraction of sp³-hybridized carbons (Fsp3) is 0.125. The summed E-state index contributed by atoms with van der Waals surface area (Å²) in [5.41, 5.74) is 9.68. The van der Waals surface area contributed by atoms with Crippen LogP contribution in [0.2, 0.25) is 0 Å². The Morgan fingerprint density at radius 1 is 1.14 bits per heavy atom. The maximum Gasteiger partial charge on any atom is 0.323 e. The molecule has 0 aliphatic carbocycles. The van der Waals surface area contributed by atoms with Gasteiger partial charge in [0.1, 0.15) is 7.11 Å². The summed E-state index contributed by atoms with van der Waals surface area (Å²) in [6.45, 7) is 0. The molecule has 1 aliphatic rings. The van der Waals surface area contributed by atoms with Crippen molar-refractivity contribution < 1.29 is 9.63 Å². The molecule has 0 saturated heterocycles. The van der Waals surface area contributed by atoms with E-state index >= 15 is 0 Å². The van der Waals surface area contributed by atoms with E-state index in [1.54, 1.807) is 0 Å². The molecule has 3 rings (SSSR count). The minimum absolute atomic E-state index is 0.520. The number of nitrogens with zero attached hydrogens (tertiary/aromatic N) is 2. The van der Waals surface area contributed by atoms with Gasteiger partial charge in [-0.2, -0.15) is 0 Å². The molecule has 2 amide bonds. The van der Waals surface area contributed by atoms with E-state index in [0.29, 0.717) is 12.1 Å². The summed E-state index contributed by atoms with van der Waals surface area (Å²) in [6, 6.07) is 14.7. The number of rotatable bonds is 1. The van der Waals surface area contributed by atoms with E-state index in [4.69, 9.17) is 10.6 Å². The first-order valence-corrected chi connectivity index (χ1v) is 6.59. The number of urea groups is 1. The zero-order chi connectivity index (χ0) is 14.8. The number of primary amides is 1. The lowest BCUT2D eigenvalue weighted by Gasteiger charge is -2.22. The maximum atomic E-state index is 12.0. The number of fused-ring (bicyclic) bond motifs is 2. The standard InChI is InChI=1S/C16H15N3O2/c1-21-18-13-10-11-6-2-4-8-14(11)19(16(17)20)15-9-5-3-7-12(13)15/h2-9H,10H2,1H3,(H2,17,20)/b18-13-. The topological polar surface area (TPSA) is 67.9 Å². The molecule has 0 aromatic heterocycles. The molecule has 0 bridgehead atoms. The Kier molecular flexibility index (Phi) is 3.31. The Bertz CT molecular complexity index is 725. The van der Waals surface area contributed by atoms with Crippen molar-refractivity contribution in [3.05, 3.63) is 59.7 Å². The van der Waals surface area contributed by atoms with Gasteiger partial charge in [0.05, 0.1) is 17.1 Å². The van der Waals surface area contributed by atoms with Gasteiger partial charge in [-0.05, 0) is 17.7 Å². The van der Waals surface area contributed by atoms with Crippen LogP contribution in [0.3, 0.4) is 0 Å². The van der Waals surface area contributed by atoms with Crippen molar-refractivity contribution in [2.24, 2.45) is 10.9 Å². The third kappa shape index (κ3) is 2.23. The highest BCUT2D eigenvalue weighted by Crippen LogP contribution is 2.35. The molecular weight excluding hydrogens is 266 g/mol. The van der Waals surface area contributed by atoms with E-state index in [0.717, 1.165) is 22.5 Å². The highest BCUT2D eigenvalue weighted by atomic mass is 16.6. The molecule has 0 radical (unpaired) electrons. The van der Waals surface area contributed by atoms with E-state index in [1.165, 1.54) is 12.0 Å². The number of carbonyl (C=O) groups excluding carboxylic acids is 1. The van der Waals surface area contributed by atoms with Gasteiger partial charge in [-0.3, -0.25) is 4.90 Å². The maximum absolute atomic E-state index is 12.0. The van der Waals surface area contributed by atoms with Gasteiger partial charge >= 0.3 is 6.03 Å². The van der Waals surface area contributed by atoms with Crippen molar-refractivity contribution >= 4 is 23.1 Å². The van der Waals surface area contributed by atoms with Gasteiger partial charge in [-0.15, -0.1) is 0 Å². The van der Waals surface area contributed by atoms with E-state index in [2.05, 4.69) is 5.16 Å². The van der Waals surface area contributed by atoms with Crippen LogP contribution in [-0.4, -0.2) is 18.9 Å². The predicted molar refractivity (Wildman–Crippen MR) is 81.9 cm³/mol. The first-order valence-electron chi connectivity index (χ1n) is 6.59. The lowest BCUT2D eigenvalue weighted by Crippen LogP contribution is -2.32. The molecule has 2 aromatic rings. The monoisotopic (exact) mass is 281 g/mol. The van der Waals surface area contributed by atoms with Crippen LogP contribution in [0.1, 0.15) is 11.1 Å². The lowest BCUT2D eigenvalue weighted by molar-refractivity contribution is 0.213. The molecule has 2 N–H and O–H groups in total. The SMILES string of the molecule is CO/N=C1/Cc2ccccc2N(C(N)=O)c2ccccc21. The quantitative estimate of drug-likeness (QED) is 0.817. The first kappa shape index (κ1) is 13.2. The Hall–Kier alpha value is -2.82. The number of hydrogen-bond donors (Lipinski definition) is 1. The Balaban J connectivity index is 2.31. The highest BCUT2D eigenvalue weighted by Gasteiger charge is 2.27. The third-order valence-corrected chi connectivity index (χ3v) is 3.47. The summed E-state index contributed by atoms with van der Waals surface area (Å²) >= 11 is 0. The minimum atomic E-state index is -0.520. The smallest absolute Gasteiger partial charge is 0.323 e. The van der Waals surface area contributed by atoms with E-state index in [1.807, 2.05) is 48.5 Å². The van der Waals surface area contributed by atoms with Crippen molar-refractivity contribution in [2.45, 2.75) is 6.42 Å². The Morgan fingerprint density at radius 3 is 2.52 bits per heavy atom. The van der Waals surface area contributed by atoms with Crippen molar-refractivity contribution in [3.63, 3.8) is 0 Å². The third-order valence-electron chi connectivity index (χ3n) is 3.47. The number of amides is 2. The van der Waals surface area contributed by atoms with Crippen molar-refractivity contribution in [3.8, 4) is 0 Å². The molecule has 1 heterocycles. The average molecular weight is 281 g/mol. The van der Waals surface area contributed by atoms with Crippen LogP contribution in [0.15, 0.2) is 53.7 Å². The number of nitrogens with two attached hydrogens (primary N) is 1. The fourth-order valence-electron chi connectivity index (χ4n) is 2.63. The van der Waals surface area contributed by atoms with E-state index in [-0.39, 0.29) is 0 Å². The molecule has 21 heavy (non-hydrogen) atoms. The van der Waals surface area contributed by atoms with Crippen molar-refractivity contribution in [2.75, 3.05) is 12.0 Å². The van der Waals surface area contributed by atoms with Gasteiger partial charge in [-0.1, -0.05) is 41.6 Å². The molecule has 0 saturated carbocycles. The van der Waals surface area contributed by atoms with Gasteiger partial charge in [0.2, 0.25) is 0 Å². The average Bonchev–Trinajstić information content (AvgIpc) is 2.62.